The van der Waals surface area contributed by atoms with E-state index in [2.05, 4.69) is 23.7 Å². The molecule has 10 rings (SSSR count). The van der Waals surface area contributed by atoms with Crippen LogP contribution in [0.3, 0.4) is 0 Å². The molecule has 0 aromatic heterocycles. The van der Waals surface area contributed by atoms with Gasteiger partial charge in [0, 0.05) is 51.6 Å². The molecule has 2 N–H and O–H groups in total. The molecule has 8 aliphatic rings. The molecule has 0 amide bonds. The third-order valence-electron chi connectivity index (χ3n) is 13.0. The molecule has 2 aromatic rings. The van der Waals surface area contributed by atoms with Gasteiger partial charge in [-0.15, -0.1) is 0 Å². The van der Waals surface area contributed by atoms with Crippen LogP contribution >= 0.6 is 0 Å². The molecular weight excluding hydrogens is 592 g/mol. The molecule has 0 atom stereocenters. The molecule has 47 heavy (non-hydrogen) atoms. The van der Waals surface area contributed by atoms with E-state index in [1.54, 1.807) is 0 Å². The lowest BCUT2D eigenvalue weighted by molar-refractivity contribution is -0.386. The SMILES string of the molecule is CC(C)(c1cc([N+](=O)[O-])c(O)cc1C#CC12CC3CC(CC(C3)C1)C2)c1cc([N+](=O)[O-])c(O)cc1C#CC12CC3CC(CC(C3)C1)C2. The number of nitro groups is 2. The van der Waals surface area contributed by atoms with Gasteiger partial charge in [0.2, 0.25) is 0 Å². The van der Waals surface area contributed by atoms with E-state index >= 15 is 0 Å². The average Bonchev–Trinajstić information content (AvgIpc) is 2.97. The predicted molar refractivity (Wildman–Crippen MR) is 177 cm³/mol. The normalized spacial score (nSPS) is 34.3. The van der Waals surface area contributed by atoms with E-state index in [1.165, 1.54) is 62.8 Å². The summed E-state index contributed by atoms with van der Waals surface area (Å²) in [6.45, 7) is 3.73. The lowest BCUT2D eigenvalue weighted by Gasteiger charge is -2.54. The summed E-state index contributed by atoms with van der Waals surface area (Å²) in [7, 11) is 0. The first-order valence-electron chi connectivity index (χ1n) is 17.4. The number of nitro benzene ring substituents is 2. The van der Waals surface area contributed by atoms with Crippen molar-refractivity contribution in [2.24, 2.45) is 46.3 Å². The highest BCUT2D eigenvalue weighted by atomic mass is 16.6. The van der Waals surface area contributed by atoms with Gasteiger partial charge in [-0.2, -0.15) is 0 Å². The minimum atomic E-state index is -1.05. The summed E-state index contributed by atoms with van der Waals surface area (Å²) in [4.78, 5) is 22.9. The molecule has 8 fully saturated rings. The Morgan fingerprint density at radius 3 is 1.19 bits per heavy atom. The maximum Gasteiger partial charge on any atom is 0.311 e. The van der Waals surface area contributed by atoms with Gasteiger partial charge < -0.3 is 10.2 Å². The number of aromatic hydroxyl groups is 2. The number of nitrogens with zero attached hydrogens (tertiary/aromatic N) is 2. The molecule has 0 saturated heterocycles. The molecule has 8 saturated carbocycles. The monoisotopic (exact) mass is 634 g/mol. The summed E-state index contributed by atoms with van der Waals surface area (Å²) in [5.74, 6) is 17.3. The van der Waals surface area contributed by atoms with Crippen molar-refractivity contribution in [2.45, 2.75) is 96.3 Å². The highest BCUT2D eigenvalue weighted by Gasteiger charge is 2.51. The molecule has 0 unspecified atom stereocenters. The van der Waals surface area contributed by atoms with Crippen molar-refractivity contribution in [3.63, 3.8) is 0 Å². The van der Waals surface area contributed by atoms with Gasteiger partial charge in [-0.25, -0.2) is 0 Å². The molecule has 0 heterocycles. The molecule has 8 heteroatoms. The number of benzene rings is 2. The first-order valence-corrected chi connectivity index (χ1v) is 17.4. The fraction of sp³-hybridized carbons (Fsp3) is 0.590. The highest BCUT2D eigenvalue weighted by molar-refractivity contribution is 5.65. The molecule has 244 valence electrons. The van der Waals surface area contributed by atoms with Crippen LogP contribution < -0.4 is 0 Å². The van der Waals surface area contributed by atoms with Gasteiger partial charge >= 0.3 is 11.4 Å². The Balaban J connectivity index is 1.25. The Bertz CT molecular complexity index is 1630. The van der Waals surface area contributed by atoms with Crippen LogP contribution in [0.25, 0.3) is 0 Å². The fourth-order valence-corrected chi connectivity index (χ4v) is 11.8. The zero-order valence-electron chi connectivity index (χ0n) is 27.2. The molecule has 0 radical (unpaired) electrons. The van der Waals surface area contributed by atoms with Gasteiger partial charge in [0.1, 0.15) is 0 Å². The summed E-state index contributed by atoms with van der Waals surface area (Å²) < 4.78 is 0. The van der Waals surface area contributed by atoms with E-state index in [0.717, 1.165) is 38.5 Å². The topological polar surface area (TPSA) is 127 Å². The van der Waals surface area contributed by atoms with Crippen molar-refractivity contribution in [3.8, 4) is 35.2 Å². The van der Waals surface area contributed by atoms with Gasteiger partial charge in [-0.05, 0) is 124 Å². The summed E-state index contributed by atoms with van der Waals surface area (Å²) in [6, 6.07) is 5.51. The second-order valence-electron chi connectivity index (χ2n) is 16.8. The zero-order chi connectivity index (χ0) is 32.9. The second kappa shape index (κ2) is 10.5. The number of hydrogen-bond donors (Lipinski definition) is 2. The Kier molecular flexibility index (Phi) is 6.76. The number of rotatable bonds is 4. The van der Waals surface area contributed by atoms with Crippen LogP contribution in [-0.4, -0.2) is 20.1 Å². The van der Waals surface area contributed by atoms with Crippen LogP contribution in [0.5, 0.6) is 11.5 Å². The maximum atomic E-state index is 12.1. The van der Waals surface area contributed by atoms with E-state index in [1.807, 2.05) is 13.8 Å². The Morgan fingerprint density at radius 1 is 0.617 bits per heavy atom. The lowest BCUT2D eigenvalue weighted by atomic mass is 9.50. The first kappa shape index (κ1) is 30.3. The Labute approximate surface area is 275 Å². The Morgan fingerprint density at radius 2 is 0.915 bits per heavy atom. The van der Waals surface area contributed by atoms with Crippen molar-refractivity contribution in [1.29, 1.82) is 0 Å². The third-order valence-corrected chi connectivity index (χ3v) is 13.0. The standard InChI is InChI=1S/C39H42N2O6/c1-37(2,31-15-33(40(44)45)35(42)13-29(31)3-5-38-17-23-7-24(18-38)9-25(8-23)19-38)32-16-34(41(46)47)36(43)14-30(32)4-6-39-20-26-10-27(21-39)12-28(11-26)22-39/h13-16,23-28,42-43H,7-12,17-22H2,1-2H3. The zero-order valence-corrected chi connectivity index (χ0v) is 27.2. The van der Waals surface area contributed by atoms with Gasteiger partial charge in [0.05, 0.1) is 9.85 Å². The van der Waals surface area contributed by atoms with Crippen LogP contribution in [0, 0.1) is 90.2 Å². The largest absolute Gasteiger partial charge is 0.502 e. The molecule has 8 bridgehead atoms. The third kappa shape index (κ3) is 5.16. The first-order chi connectivity index (χ1) is 22.3. The van der Waals surface area contributed by atoms with Gasteiger partial charge in [-0.1, -0.05) is 37.5 Å². The number of phenolic OH excluding ortho intramolecular Hbond substituents is 2. The lowest BCUT2D eigenvalue weighted by Crippen LogP contribution is -2.45. The molecular formula is C39H42N2O6. The predicted octanol–water partition coefficient (Wildman–Crippen LogP) is 8.38. The highest BCUT2D eigenvalue weighted by Crippen LogP contribution is 2.61. The van der Waals surface area contributed by atoms with Crippen molar-refractivity contribution in [2.75, 3.05) is 0 Å². The molecule has 8 nitrogen and oxygen atoms in total. The molecule has 8 aliphatic carbocycles. The minimum absolute atomic E-state index is 0.0840. The van der Waals surface area contributed by atoms with Gasteiger partial charge in [-0.3, -0.25) is 20.2 Å². The number of phenols is 2. The van der Waals surface area contributed by atoms with E-state index < -0.39 is 38.1 Å². The van der Waals surface area contributed by atoms with Crippen LogP contribution in [0.1, 0.15) is 113 Å². The quantitative estimate of drug-likeness (QED) is 0.198. The van der Waals surface area contributed by atoms with Crippen LogP contribution in [-0.2, 0) is 5.41 Å². The molecule has 0 aliphatic heterocycles. The van der Waals surface area contributed by atoms with Crippen molar-refractivity contribution < 1.29 is 20.1 Å². The molecule has 0 spiro atoms. The van der Waals surface area contributed by atoms with E-state index in [0.29, 0.717) is 57.8 Å². The maximum absolute atomic E-state index is 12.1. The van der Waals surface area contributed by atoms with Crippen LogP contribution in [0.15, 0.2) is 24.3 Å². The second-order valence-corrected chi connectivity index (χ2v) is 16.8. The van der Waals surface area contributed by atoms with Crippen LogP contribution in [0.2, 0.25) is 0 Å². The van der Waals surface area contributed by atoms with Crippen molar-refractivity contribution >= 4 is 11.4 Å². The van der Waals surface area contributed by atoms with Crippen molar-refractivity contribution in [3.05, 3.63) is 66.7 Å². The van der Waals surface area contributed by atoms with Crippen LogP contribution in [0.4, 0.5) is 11.4 Å². The Hall–Kier alpha value is -4.04. The van der Waals surface area contributed by atoms with Gasteiger partial charge in [0.15, 0.2) is 11.5 Å². The van der Waals surface area contributed by atoms with E-state index in [9.17, 15) is 30.4 Å². The van der Waals surface area contributed by atoms with E-state index in [-0.39, 0.29) is 10.8 Å². The average molecular weight is 635 g/mol. The van der Waals surface area contributed by atoms with Gasteiger partial charge in [0.25, 0.3) is 0 Å². The molecule has 2 aromatic carbocycles. The minimum Gasteiger partial charge on any atom is -0.502 e. The summed E-state index contributed by atoms with van der Waals surface area (Å²) >= 11 is 0. The summed E-state index contributed by atoms with van der Waals surface area (Å²) in [6.07, 6.45) is 14.1. The smallest absolute Gasteiger partial charge is 0.311 e. The fourth-order valence-electron chi connectivity index (χ4n) is 11.8. The van der Waals surface area contributed by atoms with Crippen molar-refractivity contribution in [1.82, 2.24) is 0 Å². The summed E-state index contributed by atoms with van der Waals surface area (Å²) in [5.41, 5.74) is -0.152. The summed E-state index contributed by atoms with van der Waals surface area (Å²) in [5, 5.41) is 45.7. The van der Waals surface area contributed by atoms with E-state index in [4.69, 9.17) is 0 Å². The number of hydrogen-bond acceptors (Lipinski definition) is 6.